The Balaban J connectivity index is 2.05. The van der Waals surface area contributed by atoms with E-state index >= 15 is 0 Å². The Morgan fingerprint density at radius 3 is 2.45 bits per heavy atom. The molecule has 0 saturated heterocycles. The molecule has 3 nitrogen and oxygen atoms in total. The van der Waals surface area contributed by atoms with E-state index in [4.69, 9.17) is 0 Å². The summed E-state index contributed by atoms with van der Waals surface area (Å²) in [7, 11) is 0. The van der Waals surface area contributed by atoms with E-state index in [0.717, 1.165) is 22.7 Å². The standard InChI is InChI=1S/C18H24N2OS/c1-5-14-6-8-15(9-7-14)18(12(2)3)20-17(21)10-16-11-22-13(4)19-16/h6-9,11-12,18H,5,10H2,1-4H3,(H,20,21)/t18-/m1/s1. The largest absolute Gasteiger partial charge is 0.349 e. The second-order valence-corrected chi connectivity index (χ2v) is 6.98. The third kappa shape index (κ3) is 4.41. The van der Waals surface area contributed by atoms with Gasteiger partial charge in [0.1, 0.15) is 0 Å². The van der Waals surface area contributed by atoms with Gasteiger partial charge in [-0.2, -0.15) is 0 Å². The second kappa shape index (κ2) is 7.54. The second-order valence-electron chi connectivity index (χ2n) is 5.92. The summed E-state index contributed by atoms with van der Waals surface area (Å²) in [4.78, 5) is 16.6. The van der Waals surface area contributed by atoms with E-state index in [1.54, 1.807) is 11.3 Å². The number of amides is 1. The van der Waals surface area contributed by atoms with Crippen molar-refractivity contribution in [2.45, 2.75) is 46.6 Å². The first kappa shape index (κ1) is 16.7. The van der Waals surface area contributed by atoms with Crippen LogP contribution in [0.4, 0.5) is 0 Å². The minimum Gasteiger partial charge on any atom is -0.349 e. The van der Waals surface area contributed by atoms with Gasteiger partial charge in [-0.1, -0.05) is 45.0 Å². The first-order valence-corrected chi connectivity index (χ1v) is 8.66. The van der Waals surface area contributed by atoms with Gasteiger partial charge in [-0.3, -0.25) is 4.79 Å². The minimum absolute atomic E-state index is 0.0311. The van der Waals surface area contributed by atoms with Gasteiger partial charge < -0.3 is 5.32 Å². The predicted octanol–water partition coefficient (Wildman–Crippen LogP) is 4.07. The number of rotatable bonds is 6. The number of hydrogen-bond acceptors (Lipinski definition) is 3. The molecule has 4 heteroatoms. The average molecular weight is 316 g/mol. The lowest BCUT2D eigenvalue weighted by Gasteiger charge is -2.23. The van der Waals surface area contributed by atoms with Crippen LogP contribution in [0.2, 0.25) is 0 Å². The number of nitrogens with one attached hydrogen (secondary N) is 1. The van der Waals surface area contributed by atoms with Crippen molar-refractivity contribution in [1.82, 2.24) is 10.3 Å². The van der Waals surface area contributed by atoms with Crippen LogP contribution in [0.5, 0.6) is 0 Å². The van der Waals surface area contributed by atoms with E-state index in [-0.39, 0.29) is 11.9 Å². The fourth-order valence-corrected chi connectivity index (χ4v) is 3.09. The summed E-state index contributed by atoms with van der Waals surface area (Å²) in [5.41, 5.74) is 3.33. The van der Waals surface area contributed by atoms with Crippen molar-refractivity contribution >= 4 is 17.2 Å². The molecule has 0 aliphatic rings. The smallest absolute Gasteiger partial charge is 0.226 e. The van der Waals surface area contributed by atoms with Gasteiger partial charge in [0.05, 0.1) is 23.2 Å². The van der Waals surface area contributed by atoms with Crippen molar-refractivity contribution in [2.75, 3.05) is 0 Å². The maximum Gasteiger partial charge on any atom is 0.226 e. The Hall–Kier alpha value is -1.68. The zero-order chi connectivity index (χ0) is 16.1. The number of aromatic nitrogens is 1. The molecular formula is C18H24N2OS. The molecule has 0 saturated carbocycles. The maximum absolute atomic E-state index is 12.3. The van der Waals surface area contributed by atoms with E-state index in [9.17, 15) is 4.79 Å². The van der Waals surface area contributed by atoms with Gasteiger partial charge in [0, 0.05) is 5.38 Å². The lowest BCUT2D eigenvalue weighted by atomic mass is 9.94. The van der Waals surface area contributed by atoms with Crippen molar-refractivity contribution in [2.24, 2.45) is 5.92 Å². The van der Waals surface area contributed by atoms with Crippen LogP contribution in [0.1, 0.15) is 48.6 Å². The van der Waals surface area contributed by atoms with Crippen LogP contribution in [0.15, 0.2) is 29.6 Å². The molecule has 1 N–H and O–H groups in total. The van der Waals surface area contributed by atoms with Crippen LogP contribution in [0.3, 0.4) is 0 Å². The van der Waals surface area contributed by atoms with Gasteiger partial charge in [-0.05, 0) is 30.4 Å². The van der Waals surface area contributed by atoms with E-state index in [0.29, 0.717) is 12.3 Å². The van der Waals surface area contributed by atoms with Gasteiger partial charge in [0.15, 0.2) is 0 Å². The van der Waals surface area contributed by atoms with E-state index in [1.165, 1.54) is 5.56 Å². The SMILES string of the molecule is CCc1ccc([C@H](NC(=O)Cc2csc(C)n2)C(C)C)cc1. The molecule has 0 spiro atoms. The Labute approximate surface area is 136 Å². The molecule has 1 amide bonds. The van der Waals surface area contributed by atoms with Crippen molar-refractivity contribution in [3.05, 3.63) is 51.5 Å². The molecule has 0 aliphatic carbocycles. The van der Waals surface area contributed by atoms with Crippen molar-refractivity contribution < 1.29 is 4.79 Å². The summed E-state index contributed by atoms with van der Waals surface area (Å²) >= 11 is 1.58. The van der Waals surface area contributed by atoms with Crippen LogP contribution in [0, 0.1) is 12.8 Å². The fraction of sp³-hybridized carbons (Fsp3) is 0.444. The molecule has 1 atom stereocenters. The topological polar surface area (TPSA) is 42.0 Å². The van der Waals surface area contributed by atoms with Gasteiger partial charge in [-0.25, -0.2) is 4.98 Å². The van der Waals surface area contributed by atoms with Crippen molar-refractivity contribution in [3.8, 4) is 0 Å². The third-order valence-corrected chi connectivity index (χ3v) is 4.56. The predicted molar refractivity (Wildman–Crippen MR) is 92.1 cm³/mol. The van der Waals surface area contributed by atoms with Gasteiger partial charge in [-0.15, -0.1) is 11.3 Å². The third-order valence-electron chi connectivity index (χ3n) is 3.74. The molecule has 0 unspecified atom stereocenters. The monoisotopic (exact) mass is 316 g/mol. The molecule has 118 valence electrons. The molecule has 1 aromatic heterocycles. The van der Waals surface area contributed by atoms with Crippen molar-refractivity contribution in [3.63, 3.8) is 0 Å². The fourth-order valence-electron chi connectivity index (χ4n) is 2.47. The highest BCUT2D eigenvalue weighted by Gasteiger charge is 2.19. The molecule has 2 aromatic rings. The van der Waals surface area contributed by atoms with Gasteiger partial charge in [0.2, 0.25) is 5.91 Å². The number of hydrogen-bond donors (Lipinski definition) is 1. The highest BCUT2D eigenvalue weighted by atomic mass is 32.1. The van der Waals surface area contributed by atoms with E-state index in [1.807, 2.05) is 12.3 Å². The van der Waals surface area contributed by atoms with Crippen molar-refractivity contribution in [1.29, 1.82) is 0 Å². The van der Waals surface area contributed by atoms with E-state index in [2.05, 4.69) is 55.3 Å². The maximum atomic E-state index is 12.3. The van der Waals surface area contributed by atoms with Gasteiger partial charge in [0.25, 0.3) is 0 Å². The number of carbonyl (C=O) groups is 1. The molecule has 0 bridgehead atoms. The normalized spacial score (nSPS) is 12.4. The number of thiazole rings is 1. The molecule has 0 aliphatic heterocycles. The van der Waals surface area contributed by atoms with Gasteiger partial charge >= 0.3 is 0 Å². The Morgan fingerprint density at radius 2 is 1.95 bits per heavy atom. The molecule has 22 heavy (non-hydrogen) atoms. The zero-order valence-corrected chi connectivity index (χ0v) is 14.5. The molecule has 1 aromatic carbocycles. The Morgan fingerprint density at radius 1 is 1.27 bits per heavy atom. The van der Waals surface area contributed by atoms with Crippen LogP contribution in [-0.4, -0.2) is 10.9 Å². The summed E-state index contributed by atoms with van der Waals surface area (Å²) < 4.78 is 0. The number of nitrogens with zero attached hydrogens (tertiary/aromatic N) is 1. The molecule has 2 rings (SSSR count). The summed E-state index contributed by atoms with van der Waals surface area (Å²) in [5, 5.41) is 6.11. The lowest BCUT2D eigenvalue weighted by molar-refractivity contribution is -0.121. The minimum atomic E-state index is 0.0311. The lowest BCUT2D eigenvalue weighted by Crippen LogP contribution is -2.32. The number of carbonyl (C=O) groups excluding carboxylic acids is 1. The van der Waals surface area contributed by atoms with Crippen LogP contribution < -0.4 is 5.32 Å². The first-order valence-electron chi connectivity index (χ1n) is 7.78. The molecule has 0 radical (unpaired) electrons. The first-order chi connectivity index (χ1) is 10.5. The zero-order valence-electron chi connectivity index (χ0n) is 13.7. The summed E-state index contributed by atoms with van der Waals surface area (Å²) in [6.07, 6.45) is 1.38. The summed E-state index contributed by atoms with van der Waals surface area (Å²) in [5.74, 6) is 0.372. The number of aryl methyl sites for hydroxylation is 2. The summed E-state index contributed by atoms with van der Waals surface area (Å²) in [6, 6.07) is 8.56. The quantitative estimate of drug-likeness (QED) is 0.873. The number of benzene rings is 1. The average Bonchev–Trinajstić information content (AvgIpc) is 2.89. The molecular weight excluding hydrogens is 292 g/mol. The molecule has 1 heterocycles. The highest BCUT2D eigenvalue weighted by molar-refractivity contribution is 7.09. The van der Waals surface area contributed by atoms with Crippen LogP contribution >= 0.6 is 11.3 Å². The van der Waals surface area contributed by atoms with Crippen LogP contribution in [0.25, 0.3) is 0 Å². The highest BCUT2D eigenvalue weighted by Crippen LogP contribution is 2.22. The molecule has 0 fully saturated rings. The summed E-state index contributed by atoms with van der Waals surface area (Å²) in [6.45, 7) is 8.36. The Bertz CT molecular complexity index is 616. The Kier molecular flexibility index (Phi) is 5.72. The van der Waals surface area contributed by atoms with E-state index < -0.39 is 0 Å². The van der Waals surface area contributed by atoms with Crippen LogP contribution in [-0.2, 0) is 17.6 Å².